The van der Waals surface area contributed by atoms with Gasteiger partial charge in [-0.3, -0.25) is 39.4 Å². The van der Waals surface area contributed by atoms with Gasteiger partial charge in [-0.15, -0.1) is 20.5 Å². The predicted molar refractivity (Wildman–Crippen MR) is 210 cm³/mol. The van der Waals surface area contributed by atoms with Gasteiger partial charge in [0, 0.05) is 24.3 Å². The van der Waals surface area contributed by atoms with Crippen LogP contribution in [0.25, 0.3) is 0 Å². The van der Waals surface area contributed by atoms with Crippen molar-refractivity contribution in [1.29, 1.82) is 0 Å². The van der Waals surface area contributed by atoms with Crippen molar-refractivity contribution in [3.05, 3.63) is 93.0 Å². The molecule has 0 saturated heterocycles. The van der Waals surface area contributed by atoms with E-state index in [1.54, 1.807) is 0 Å². The number of nitro groups is 2. The first-order valence-electron chi connectivity index (χ1n) is 16.3. The van der Waals surface area contributed by atoms with Gasteiger partial charge in [-0.05, 0) is 62.4 Å². The zero-order valence-corrected chi connectivity index (χ0v) is 38.2. The van der Waals surface area contributed by atoms with Crippen LogP contribution in [-0.2, 0) is 39.4 Å². The van der Waals surface area contributed by atoms with E-state index >= 15 is 0 Å². The number of ether oxygens (including phenoxy) is 2. The summed E-state index contributed by atoms with van der Waals surface area (Å²) in [7, 11) is -7.02. The Balaban J connectivity index is 0.000000413. The number of methoxy groups -OCH3 is 2. The predicted octanol–water partition coefficient (Wildman–Crippen LogP) is 5.30. The number of amides is 2. The van der Waals surface area contributed by atoms with Crippen molar-refractivity contribution in [2.75, 3.05) is 24.9 Å². The van der Waals surface area contributed by atoms with Gasteiger partial charge in [0.05, 0.1) is 58.1 Å². The molecule has 27 heteroatoms. The molecule has 0 spiro atoms. The minimum Gasteiger partial charge on any atom is -0.744 e. The van der Waals surface area contributed by atoms with Crippen LogP contribution in [0.1, 0.15) is 26.7 Å². The van der Waals surface area contributed by atoms with Gasteiger partial charge < -0.3 is 29.2 Å². The first-order chi connectivity index (χ1) is 28.0. The van der Waals surface area contributed by atoms with Crippen LogP contribution in [0.5, 0.6) is 11.5 Å². The fourth-order valence-electron chi connectivity index (χ4n) is 4.50. The van der Waals surface area contributed by atoms with Crippen LogP contribution >= 0.6 is 0 Å². The van der Waals surface area contributed by atoms with Crippen LogP contribution in [0.3, 0.4) is 0 Å². The number of nitrogens with zero attached hydrogens (tertiary/aromatic N) is 6. The van der Waals surface area contributed by atoms with Crippen molar-refractivity contribution in [3.63, 3.8) is 0 Å². The fourth-order valence-corrected chi connectivity index (χ4v) is 5.48. The Hall–Kier alpha value is -5.85. The van der Waals surface area contributed by atoms with Gasteiger partial charge in [0.2, 0.25) is 11.8 Å². The second-order valence-corrected chi connectivity index (χ2v) is 14.5. The molecule has 4 aromatic carbocycles. The van der Waals surface area contributed by atoms with E-state index in [0.29, 0.717) is 11.5 Å². The molecule has 0 heterocycles. The average Bonchev–Trinajstić information content (AvgIpc) is 3.15. The molecule has 0 radical (unpaired) electrons. The maximum absolute atomic E-state index is 11.9. The number of nitrogens with one attached hydrogen (secondary N) is 2. The Bertz CT molecular complexity index is 2480. The number of hydrogen-bond acceptors (Lipinski definition) is 20. The Morgan fingerprint density at radius 1 is 0.574 bits per heavy atom. The van der Waals surface area contributed by atoms with Gasteiger partial charge in [-0.1, -0.05) is 0 Å². The number of carbonyl (C=O) groups is 4. The molecule has 24 nitrogen and oxygen atoms in total. The molecule has 0 unspecified atom stereocenters. The normalized spacial score (nSPS) is 11.1. The summed E-state index contributed by atoms with van der Waals surface area (Å²) in [6.07, 6.45) is -0.755. The second-order valence-electron chi connectivity index (χ2n) is 11.7. The number of hydrogen-bond donors (Lipinski definition) is 2. The molecule has 0 bridgehead atoms. The zero-order chi connectivity index (χ0) is 44.9. The van der Waals surface area contributed by atoms with E-state index in [-0.39, 0.29) is 96.0 Å². The quantitative estimate of drug-likeness (QED) is 0.0359. The number of ketones is 2. The van der Waals surface area contributed by atoms with Crippen LogP contribution < -0.4 is 20.1 Å². The average molecular weight is 1010 g/mol. The molecule has 61 heavy (non-hydrogen) atoms. The molecule has 2 amide bonds. The molecule has 0 saturated carbocycles. The van der Waals surface area contributed by atoms with Crippen molar-refractivity contribution >= 4 is 138 Å². The molecule has 0 aliphatic carbocycles. The van der Waals surface area contributed by atoms with Gasteiger partial charge in [0.15, 0.2) is 11.4 Å². The Morgan fingerprint density at radius 3 is 1.18 bits per heavy atom. The summed E-state index contributed by atoms with van der Waals surface area (Å²) < 4.78 is 77.3. The van der Waals surface area contributed by atoms with Gasteiger partial charge in [-0.2, -0.15) is 0 Å². The molecule has 0 aliphatic rings. The Labute approximate surface area is 385 Å². The largest absolute Gasteiger partial charge is 2.00 e. The molecule has 316 valence electrons. The number of azo groups is 2. The molecule has 0 aliphatic heterocycles. The van der Waals surface area contributed by atoms with E-state index in [9.17, 15) is 65.3 Å². The summed E-state index contributed by atoms with van der Waals surface area (Å²) in [5.41, 5.74) is -1.87. The van der Waals surface area contributed by atoms with E-state index in [2.05, 4.69) is 31.1 Å². The SMILES string of the molecule is COc1ccc(NC(=O)CC(C)=O)c(N=Nc2cc(S(=O)(=O)[O-])ccc2[N+](=O)[O-])c1.COc1ccc(NC(=O)CC(C)=O)c(N=Nc2cc(S(=O)(=O)[O-])ccc2[N+](=O)[O-])c1.[Ba+2]. The molecular weight excluding hydrogens is 978 g/mol. The van der Waals surface area contributed by atoms with Crippen LogP contribution in [0.4, 0.5) is 45.5 Å². The van der Waals surface area contributed by atoms with E-state index < -0.39 is 74.4 Å². The Morgan fingerprint density at radius 2 is 0.902 bits per heavy atom. The number of anilines is 2. The third-order valence-electron chi connectivity index (χ3n) is 7.17. The Kier molecular flexibility index (Phi) is 19.1. The summed E-state index contributed by atoms with van der Waals surface area (Å²) in [6, 6.07) is 13.2. The molecule has 4 aromatic rings. The van der Waals surface area contributed by atoms with Gasteiger partial charge in [-0.25, -0.2) is 16.8 Å². The van der Waals surface area contributed by atoms with Crippen molar-refractivity contribution < 1.29 is 64.4 Å². The number of rotatable bonds is 16. The van der Waals surface area contributed by atoms with Crippen molar-refractivity contribution in [3.8, 4) is 11.5 Å². The van der Waals surface area contributed by atoms with Crippen molar-refractivity contribution in [1.82, 2.24) is 0 Å². The number of benzene rings is 4. The third-order valence-corrected chi connectivity index (χ3v) is 8.83. The number of carbonyl (C=O) groups excluding carboxylic acids is 4. The van der Waals surface area contributed by atoms with E-state index in [1.165, 1.54) is 64.5 Å². The molecule has 4 rings (SSSR count). The molecule has 0 atom stereocenters. The van der Waals surface area contributed by atoms with Crippen LogP contribution in [-0.4, -0.2) is 122 Å². The molecule has 2 N–H and O–H groups in total. The minimum absolute atomic E-state index is 0. The summed E-state index contributed by atoms with van der Waals surface area (Å²) in [5.74, 6) is -1.33. The number of Topliss-reactive ketones (excluding diaryl/α,β-unsaturated/α-hetero) is 2. The summed E-state index contributed by atoms with van der Waals surface area (Å²) in [5, 5.41) is 42.3. The van der Waals surface area contributed by atoms with Crippen molar-refractivity contribution in [2.24, 2.45) is 20.5 Å². The summed E-state index contributed by atoms with van der Waals surface area (Å²) >= 11 is 0. The molecule has 0 aromatic heterocycles. The smallest absolute Gasteiger partial charge is 0.744 e. The molecule has 0 fully saturated rings. The van der Waals surface area contributed by atoms with Gasteiger partial charge in [0.1, 0.15) is 54.7 Å². The third kappa shape index (κ3) is 15.9. The van der Waals surface area contributed by atoms with E-state index in [1.807, 2.05) is 0 Å². The van der Waals surface area contributed by atoms with Crippen LogP contribution in [0.2, 0.25) is 0 Å². The second kappa shape index (κ2) is 22.7. The first kappa shape index (κ1) is 51.3. The maximum atomic E-state index is 11.9. The van der Waals surface area contributed by atoms with Crippen LogP contribution in [0.15, 0.2) is 103 Å². The van der Waals surface area contributed by atoms with Gasteiger partial charge >= 0.3 is 48.9 Å². The van der Waals surface area contributed by atoms with Crippen molar-refractivity contribution in [2.45, 2.75) is 36.5 Å². The molecular formula is C34H30BaN8O16S2. The fraction of sp³-hybridized carbons (Fsp3) is 0.176. The standard InChI is InChI=1S/2C17H16N4O8S.Ba/c2*1-10(22)7-17(23)18-13-5-3-11(29-2)8-14(13)19-20-15-9-12(30(26,27)28)4-6-16(15)21(24)25;/h2*3-6,8-9H,7H2,1-2H3,(H,18,23)(H,26,27,28);/q;;+2/p-2. The maximum Gasteiger partial charge on any atom is 2.00 e. The topological polar surface area (TPSA) is 361 Å². The first-order valence-corrected chi connectivity index (χ1v) is 19.1. The summed E-state index contributed by atoms with van der Waals surface area (Å²) in [4.78, 5) is 65.2. The van der Waals surface area contributed by atoms with Gasteiger partial charge in [0.25, 0.3) is 11.4 Å². The van der Waals surface area contributed by atoms with Crippen LogP contribution in [0, 0.1) is 20.2 Å². The minimum atomic E-state index is -4.88. The van der Waals surface area contributed by atoms with E-state index in [4.69, 9.17) is 9.47 Å². The number of nitro benzene ring substituents is 2. The van der Waals surface area contributed by atoms with E-state index in [0.717, 1.165) is 36.4 Å². The monoisotopic (exact) mass is 1010 g/mol. The zero-order valence-electron chi connectivity index (χ0n) is 32.1. The summed E-state index contributed by atoms with van der Waals surface area (Å²) in [6.45, 7) is 2.48.